The van der Waals surface area contributed by atoms with Crippen molar-refractivity contribution in [2.45, 2.75) is 32.3 Å². The van der Waals surface area contributed by atoms with Crippen LogP contribution in [0.4, 0.5) is 11.4 Å². The van der Waals surface area contributed by atoms with Crippen molar-refractivity contribution >= 4 is 23.2 Å². The Hall–Kier alpha value is -3.60. The van der Waals surface area contributed by atoms with Gasteiger partial charge in [0.15, 0.2) is 6.10 Å². The first-order chi connectivity index (χ1) is 15.1. The highest BCUT2D eigenvalue weighted by molar-refractivity contribution is 6.00. The van der Waals surface area contributed by atoms with E-state index in [1.54, 1.807) is 17.9 Å². The van der Waals surface area contributed by atoms with Crippen LogP contribution in [0.25, 0.3) is 0 Å². The van der Waals surface area contributed by atoms with Gasteiger partial charge in [0.25, 0.3) is 5.91 Å². The first kappa shape index (κ1) is 20.7. The summed E-state index contributed by atoms with van der Waals surface area (Å²) in [6, 6.07) is 25.5. The minimum atomic E-state index is -0.563. The second kappa shape index (κ2) is 9.47. The van der Waals surface area contributed by atoms with Gasteiger partial charge in [0.2, 0.25) is 5.91 Å². The van der Waals surface area contributed by atoms with Gasteiger partial charge in [-0.1, -0.05) is 60.7 Å². The molecule has 5 nitrogen and oxygen atoms in total. The average Bonchev–Trinajstić information content (AvgIpc) is 2.79. The molecule has 3 aromatic rings. The van der Waals surface area contributed by atoms with Crippen molar-refractivity contribution < 1.29 is 14.3 Å². The summed E-state index contributed by atoms with van der Waals surface area (Å²) in [5.74, 6) is 0.508. The molecule has 1 aliphatic heterocycles. The van der Waals surface area contributed by atoms with Crippen LogP contribution in [0.15, 0.2) is 78.9 Å². The molecule has 0 aromatic heterocycles. The smallest absolute Gasteiger partial charge is 0.267 e. The summed E-state index contributed by atoms with van der Waals surface area (Å²) in [6.07, 6.45) is 1.29. The molecule has 1 N–H and O–H groups in total. The van der Waals surface area contributed by atoms with Crippen LogP contribution in [-0.2, 0) is 22.4 Å². The molecule has 0 saturated heterocycles. The number of benzene rings is 3. The number of aryl methyl sites for hydroxylation is 1. The zero-order chi connectivity index (χ0) is 21.6. The number of nitrogens with zero attached hydrogens (tertiary/aromatic N) is 1. The Balaban J connectivity index is 1.43. The fourth-order valence-electron chi connectivity index (χ4n) is 3.73. The Bertz CT molecular complexity index is 1050. The van der Waals surface area contributed by atoms with Gasteiger partial charge in [-0.25, -0.2) is 0 Å². The lowest BCUT2D eigenvalue weighted by Gasteiger charge is -2.33. The van der Waals surface area contributed by atoms with Crippen molar-refractivity contribution in [1.29, 1.82) is 0 Å². The van der Waals surface area contributed by atoms with Crippen LogP contribution in [0.3, 0.4) is 0 Å². The van der Waals surface area contributed by atoms with E-state index >= 15 is 0 Å². The van der Waals surface area contributed by atoms with Gasteiger partial charge in [0.05, 0.1) is 5.69 Å². The number of amides is 2. The number of carbonyl (C=O) groups is 2. The van der Waals surface area contributed by atoms with E-state index in [0.717, 1.165) is 17.7 Å². The second-order valence-electron chi connectivity index (χ2n) is 7.70. The number of nitrogens with one attached hydrogen (secondary N) is 1. The van der Waals surface area contributed by atoms with E-state index in [2.05, 4.69) is 17.4 Å². The van der Waals surface area contributed by atoms with Gasteiger partial charge in [-0.3, -0.25) is 9.59 Å². The molecule has 1 unspecified atom stereocenters. The molecule has 0 spiro atoms. The molecule has 0 fully saturated rings. The van der Waals surface area contributed by atoms with Crippen LogP contribution in [0.1, 0.15) is 24.5 Å². The van der Waals surface area contributed by atoms with Crippen LogP contribution >= 0.6 is 0 Å². The quantitative estimate of drug-likeness (QED) is 0.614. The van der Waals surface area contributed by atoms with E-state index in [1.165, 1.54) is 5.56 Å². The van der Waals surface area contributed by atoms with E-state index in [1.807, 2.05) is 60.7 Å². The number of anilines is 2. The Morgan fingerprint density at radius 1 is 0.935 bits per heavy atom. The SMILES string of the molecule is CC1Oc2cc(NC(=O)CCc3ccccc3)ccc2N(CCc2ccccc2)C1=O. The molecule has 1 heterocycles. The minimum Gasteiger partial charge on any atom is -0.479 e. The largest absolute Gasteiger partial charge is 0.479 e. The highest BCUT2D eigenvalue weighted by Crippen LogP contribution is 2.36. The monoisotopic (exact) mass is 414 g/mol. The van der Waals surface area contributed by atoms with Crippen LogP contribution in [-0.4, -0.2) is 24.5 Å². The van der Waals surface area contributed by atoms with Gasteiger partial charge in [0.1, 0.15) is 5.75 Å². The third kappa shape index (κ3) is 5.12. The van der Waals surface area contributed by atoms with Gasteiger partial charge in [-0.15, -0.1) is 0 Å². The predicted octanol–water partition coefficient (Wildman–Crippen LogP) is 4.61. The Kier molecular flexibility index (Phi) is 6.32. The van der Waals surface area contributed by atoms with Crippen molar-refractivity contribution in [1.82, 2.24) is 0 Å². The van der Waals surface area contributed by atoms with E-state index in [0.29, 0.717) is 30.8 Å². The van der Waals surface area contributed by atoms with E-state index < -0.39 is 6.10 Å². The molecule has 158 valence electrons. The number of ether oxygens (including phenoxy) is 1. The molecular weight excluding hydrogens is 388 g/mol. The lowest BCUT2D eigenvalue weighted by Crippen LogP contribution is -2.45. The Labute approximate surface area is 182 Å². The van der Waals surface area contributed by atoms with Crippen molar-refractivity contribution in [3.63, 3.8) is 0 Å². The standard InChI is InChI=1S/C26H26N2O3/c1-19-26(30)28(17-16-21-10-6-3-7-11-21)23-14-13-22(18-24(23)31-19)27-25(29)15-12-20-8-4-2-5-9-20/h2-11,13-14,18-19H,12,15-17H2,1H3,(H,27,29). The normalized spacial score (nSPS) is 15.2. The molecule has 0 bridgehead atoms. The molecule has 5 heteroatoms. The highest BCUT2D eigenvalue weighted by atomic mass is 16.5. The molecule has 0 aliphatic carbocycles. The van der Waals surface area contributed by atoms with E-state index in [4.69, 9.17) is 4.74 Å². The summed E-state index contributed by atoms with van der Waals surface area (Å²) < 4.78 is 5.84. The number of hydrogen-bond acceptors (Lipinski definition) is 3. The van der Waals surface area contributed by atoms with Crippen molar-refractivity contribution in [2.75, 3.05) is 16.8 Å². The minimum absolute atomic E-state index is 0.0512. The maximum absolute atomic E-state index is 12.7. The Morgan fingerprint density at radius 2 is 1.58 bits per heavy atom. The van der Waals surface area contributed by atoms with Gasteiger partial charge < -0.3 is 15.0 Å². The summed E-state index contributed by atoms with van der Waals surface area (Å²) in [7, 11) is 0. The fraction of sp³-hybridized carbons (Fsp3) is 0.231. The molecule has 3 aromatic carbocycles. The van der Waals surface area contributed by atoms with E-state index in [9.17, 15) is 9.59 Å². The number of rotatable bonds is 7. The third-order valence-electron chi connectivity index (χ3n) is 5.40. The first-order valence-electron chi connectivity index (χ1n) is 10.6. The van der Waals surface area contributed by atoms with Crippen LogP contribution in [0, 0.1) is 0 Å². The van der Waals surface area contributed by atoms with Gasteiger partial charge in [0, 0.05) is 24.7 Å². The number of carbonyl (C=O) groups excluding carboxylic acids is 2. The summed E-state index contributed by atoms with van der Waals surface area (Å²) in [5.41, 5.74) is 3.72. The molecule has 1 aliphatic rings. The maximum atomic E-state index is 12.7. The Morgan fingerprint density at radius 3 is 2.26 bits per heavy atom. The van der Waals surface area contributed by atoms with Crippen LogP contribution in [0.2, 0.25) is 0 Å². The zero-order valence-electron chi connectivity index (χ0n) is 17.6. The molecular formula is C26H26N2O3. The van der Waals surface area contributed by atoms with Gasteiger partial charge >= 0.3 is 0 Å². The summed E-state index contributed by atoms with van der Waals surface area (Å²) >= 11 is 0. The third-order valence-corrected chi connectivity index (χ3v) is 5.40. The zero-order valence-corrected chi connectivity index (χ0v) is 17.6. The van der Waals surface area contributed by atoms with Crippen LogP contribution < -0.4 is 15.0 Å². The number of fused-ring (bicyclic) bond motifs is 1. The topological polar surface area (TPSA) is 58.6 Å². The average molecular weight is 415 g/mol. The summed E-state index contributed by atoms with van der Waals surface area (Å²) in [5, 5.41) is 2.94. The molecule has 1 atom stereocenters. The van der Waals surface area contributed by atoms with Crippen molar-refractivity contribution in [2.24, 2.45) is 0 Å². The molecule has 31 heavy (non-hydrogen) atoms. The van der Waals surface area contributed by atoms with Crippen molar-refractivity contribution in [3.05, 3.63) is 90.0 Å². The molecule has 2 amide bonds. The summed E-state index contributed by atoms with van der Waals surface area (Å²) in [6.45, 7) is 2.33. The lowest BCUT2D eigenvalue weighted by atomic mass is 10.1. The first-order valence-corrected chi connectivity index (χ1v) is 10.6. The summed E-state index contributed by atoms with van der Waals surface area (Å²) in [4.78, 5) is 26.9. The maximum Gasteiger partial charge on any atom is 0.267 e. The molecule has 0 saturated carbocycles. The van der Waals surface area contributed by atoms with Gasteiger partial charge in [-0.2, -0.15) is 0 Å². The molecule has 4 rings (SSSR count). The van der Waals surface area contributed by atoms with Gasteiger partial charge in [-0.05, 0) is 43.0 Å². The second-order valence-corrected chi connectivity index (χ2v) is 7.70. The highest BCUT2D eigenvalue weighted by Gasteiger charge is 2.31. The predicted molar refractivity (Wildman–Crippen MR) is 122 cm³/mol. The van der Waals surface area contributed by atoms with Crippen LogP contribution in [0.5, 0.6) is 5.75 Å². The van der Waals surface area contributed by atoms with Crippen molar-refractivity contribution in [3.8, 4) is 5.75 Å². The molecule has 0 radical (unpaired) electrons. The number of hydrogen-bond donors (Lipinski definition) is 1. The lowest BCUT2D eigenvalue weighted by molar-refractivity contribution is -0.125. The fourth-order valence-corrected chi connectivity index (χ4v) is 3.73. The van der Waals surface area contributed by atoms with E-state index in [-0.39, 0.29) is 11.8 Å².